The summed E-state index contributed by atoms with van der Waals surface area (Å²) in [5, 5.41) is 4.25. The highest BCUT2D eigenvalue weighted by Crippen LogP contribution is 2.28. The molecule has 4 nitrogen and oxygen atoms in total. The number of amides is 2. The monoisotopic (exact) mass is 398 g/mol. The van der Waals surface area contributed by atoms with Crippen molar-refractivity contribution in [2.75, 3.05) is 18.0 Å². The van der Waals surface area contributed by atoms with Crippen LogP contribution in [0.3, 0.4) is 0 Å². The average molecular weight is 400 g/mol. The highest BCUT2D eigenvalue weighted by atomic mass is 35.5. The first-order chi connectivity index (χ1) is 11.9. The fourth-order valence-corrected chi connectivity index (χ4v) is 2.90. The number of benzene rings is 2. The van der Waals surface area contributed by atoms with Crippen LogP contribution in [0.5, 0.6) is 0 Å². The molecule has 0 bridgehead atoms. The number of nitrogens with zero attached hydrogens (tertiary/aromatic N) is 1. The molecule has 2 aromatic carbocycles. The molecule has 2 amide bonds. The zero-order valence-electron chi connectivity index (χ0n) is 13.6. The molecule has 0 radical (unpaired) electrons. The Morgan fingerprint density at radius 3 is 2.24 bits per heavy atom. The Hall–Kier alpha value is -1.75. The van der Waals surface area contributed by atoms with Crippen molar-refractivity contribution >= 4 is 52.3 Å². The predicted molar refractivity (Wildman–Crippen MR) is 103 cm³/mol. The largest absolute Gasteiger partial charge is 0.354 e. The second-order valence-electron chi connectivity index (χ2n) is 5.43. The molecular weight excluding hydrogens is 383 g/mol. The Morgan fingerprint density at radius 2 is 1.64 bits per heavy atom. The highest BCUT2D eigenvalue weighted by molar-refractivity contribution is 6.36. The smallest absolute Gasteiger partial charge is 0.240 e. The van der Waals surface area contributed by atoms with Crippen LogP contribution in [0.1, 0.15) is 12.5 Å². The first-order valence-corrected chi connectivity index (χ1v) is 8.74. The second-order valence-corrected chi connectivity index (χ2v) is 6.71. The molecule has 0 fully saturated rings. The van der Waals surface area contributed by atoms with Gasteiger partial charge < -0.3 is 10.2 Å². The number of hydrogen-bond donors (Lipinski definition) is 1. The van der Waals surface area contributed by atoms with Gasteiger partial charge in [-0.15, -0.1) is 0 Å². The van der Waals surface area contributed by atoms with Gasteiger partial charge in [-0.2, -0.15) is 0 Å². The third kappa shape index (κ3) is 5.92. The average Bonchev–Trinajstić information content (AvgIpc) is 2.55. The van der Waals surface area contributed by atoms with Gasteiger partial charge in [0.2, 0.25) is 11.8 Å². The number of carbonyl (C=O) groups is 2. The standard InChI is InChI=1S/C18H17Cl3N2O2/c1-12(24)23(17-7-6-15(20)10-16(17)21)11-18(25)22-9-8-13-2-4-14(19)5-3-13/h2-7,10H,8-9,11H2,1H3,(H,22,25). The summed E-state index contributed by atoms with van der Waals surface area (Å²) in [7, 11) is 0. The van der Waals surface area contributed by atoms with E-state index >= 15 is 0 Å². The lowest BCUT2D eigenvalue weighted by Crippen LogP contribution is -2.40. The van der Waals surface area contributed by atoms with Crippen LogP contribution in [0.4, 0.5) is 5.69 Å². The summed E-state index contributed by atoms with van der Waals surface area (Å²) in [5.74, 6) is -0.549. The summed E-state index contributed by atoms with van der Waals surface area (Å²) in [4.78, 5) is 25.4. The molecule has 2 rings (SSSR count). The molecule has 1 N–H and O–H groups in total. The lowest BCUT2D eigenvalue weighted by Gasteiger charge is -2.22. The lowest BCUT2D eigenvalue weighted by atomic mass is 10.1. The molecule has 0 spiro atoms. The van der Waals surface area contributed by atoms with E-state index in [0.29, 0.717) is 33.7 Å². The van der Waals surface area contributed by atoms with Crippen LogP contribution in [-0.2, 0) is 16.0 Å². The Morgan fingerprint density at radius 1 is 1.00 bits per heavy atom. The first-order valence-electron chi connectivity index (χ1n) is 7.61. The van der Waals surface area contributed by atoms with E-state index in [1.54, 1.807) is 24.3 Å². The Bertz CT molecular complexity index is 763. The van der Waals surface area contributed by atoms with E-state index in [1.807, 2.05) is 12.1 Å². The van der Waals surface area contributed by atoms with E-state index in [2.05, 4.69) is 5.32 Å². The van der Waals surface area contributed by atoms with Gasteiger partial charge in [0.15, 0.2) is 0 Å². The van der Waals surface area contributed by atoms with Gasteiger partial charge in [0.1, 0.15) is 6.54 Å². The van der Waals surface area contributed by atoms with Crippen molar-refractivity contribution in [3.05, 3.63) is 63.1 Å². The van der Waals surface area contributed by atoms with Crippen molar-refractivity contribution in [1.82, 2.24) is 5.32 Å². The van der Waals surface area contributed by atoms with Gasteiger partial charge in [0, 0.05) is 23.5 Å². The Balaban J connectivity index is 1.94. The van der Waals surface area contributed by atoms with Crippen molar-refractivity contribution in [2.24, 2.45) is 0 Å². The molecule has 0 heterocycles. The fourth-order valence-electron chi connectivity index (χ4n) is 2.26. The summed E-state index contributed by atoms with van der Waals surface area (Å²) in [5.41, 5.74) is 1.51. The van der Waals surface area contributed by atoms with Crippen LogP contribution in [-0.4, -0.2) is 24.9 Å². The van der Waals surface area contributed by atoms with Crippen molar-refractivity contribution in [3.63, 3.8) is 0 Å². The first kappa shape index (κ1) is 19.6. The zero-order chi connectivity index (χ0) is 18.4. The minimum absolute atomic E-state index is 0.114. The quantitative estimate of drug-likeness (QED) is 0.784. The van der Waals surface area contributed by atoms with Gasteiger partial charge in [-0.1, -0.05) is 46.9 Å². The second kappa shape index (κ2) is 9.09. The van der Waals surface area contributed by atoms with E-state index in [0.717, 1.165) is 5.56 Å². The van der Waals surface area contributed by atoms with Gasteiger partial charge >= 0.3 is 0 Å². The summed E-state index contributed by atoms with van der Waals surface area (Å²) in [6.45, 7) is 1.73. The molecule has 2 aromatic rings. The molecule has 0 saturated carbocycles. The lowest BCUT2D eigenvalue weighted by molar-refractivity contribution is -0.123. The SMILES string of the molecule is CC(=O)N(CC(=O)NCCc1ccc(Cl)cc1)c1ccc(Cl)cc1Cl. The predicted octanol–water partition coefficient (Wildman–Crippen LogP) is 4.36. The van der Waals surface area contributed by atoms with Crippen molar-refractivity contribution in [2.45, 2.75) is 13.3 Å². The normalized spacial score (nSPS) is 10.4. The molecule has 7 heteroatoms. The molecule has 0 aliphatic heterocycles. The maximum absolute atomic E-state index is 12.2. The van der Waals surface area contributed by atoms with Crippen LogP contribution >= 0.6 is 34.8 Å². The molecule has 25 heavy (non-hydrogen) atoms. The summed E-state index contributed by atoms with van der Waals surface area (Å²) in [6, 6.07) is 12.2. The van der Waals surface area contributed by atoms with E-state index in [9.17, 15) is 9.59 Å². The van der Waals surface area contributed by atoms with Crippen LogP contribution in [0.25, 0.3) is 0 Å². The molecule has 0 saturated heterocycles. The molecule has 0 atom stereocenters. The minimum Gasteiger partial charge on any atom is -0.354 e. The summed E-state index contributed by atoms with van der Waals surface area (Å²) < 4.78 is 0. The van der Waals surface area contributed by atoms with Gasteiger partial charge in [-0.25, -0.2) is 0 Å². The van der Waals surface area contributed by atoms with Gasteiger partial charge in [-0.05, 0) is 42.3 Å². The van der Waals surface area contributed by atoms with Crippen molar-refractivity contribution in [1.29, 1.82) is 0 Å². The molecule has 132 valence electrons. The van der Waals surface area contributed by atoms with Gasteiger partial charge in [0.05, 0.1) is 10.7 Å². The molecule has 0 unspecified atom stereocenters. The van der Waals surface area contributed by atoms with Crippen LogP contribution in [0.15, 0.2) is 42.5 Å². The number of halogens is 3. The molecule has 0 aromatic heterocycles. The van der Waals surface area contributed by atoms with E-state index in [-0.39, 0.29) is 18.4 Å². The Labute approximate surface area is 161 Å². The zero-order valence-corrected chi connectivity index (χ0v) is 15.8. The fraction of sp³-hybridized carbons (Fsp3) is 0.222. The number of hydrogen-bond acceptors (Lipinski definition) is 2. The number of rotatable bonds is 6. The van der Waals surface area contributed by atoms with E-state index in [4.69, 9.17) is 34.8 Å². The van der Waals surface area contributed by atoms with Crippen molar-refractivity contribution < 1.29 is 9.59 Å². The van der Waals surface area contributed by atoms with Gasteiger partial charge in [0.25, 0.3) is 0 Å². The molecule has 0 aliphatic rings. The number of anilines is 1. The maximum atomic E-state index is 12.2. The number of carbonyl (C=O) groups excluding carboxylic acids is 2. The Kier molecular flexibility index (Phi) is 7.12. The van der Waals surface area contributed by atoms with Crippen molar-refractivity contribution in [3.8, 4) is 0 Å². The highest BCUT2D eigenvalue weighted by Gasteiger charge is 2.18. The third-order valence-corrected chi connectivity index (χ3v) is 4.32. The molecular formula is C18H17Cl3N2O2. The van der Waals surface area contributed by atoms with Crippen LogP contribution in [0, 0.1) is 0 Å². The van der Waals surface area contributed by atoms with Gasteiger partial charge in [-0.3, -0.25) is 9.59 Å². The minimum atomic E-state index is -0.280. The summed E-state index contributed by atoms with van der Waals surface area (Å²) >= 11 is 17.8. The summed E-state index contributed by atoms with van der Waals surface area (Å²) in [6.07, 6.45) is 0.671. The topological polar surface area (TPSA) is 49.4 Å². The molecule has 0 aliphatic carbocycles. The maximum Gasteiger partial charge on any atom is 0.240 e. The third-order valence-electron chi connectivity index (χ3n) is 3.53. The van der Waals surface area contributed by atoms with Crippen LogP contribution < -0.4 is 10.2 Å². The van der Waals surface area contributed by atoms with E-state index in [1.165, 1.54) is 17.9 Å². The number of nitrogens with one attached hydrogen (secondary N) is 1. The van der Waals surface area contributed by atoms with E-state index < -0.39 is 0 Å². The van der Waals surface area contributed by atoms with Crippen LogP contribution in [0.2, 0.25) is 15.1 Å².